The minimum absolute atomic E-state index is 0.0209. The van der Waals surface area contributed by atoms with E-state index in [-0.39, 0.29) is 35.0 Å². The number of hydrogen-bond donors (Lipinski definition) is 3. The molecular weight excluding hydrogens is 386 g/mol. The Hall–Kier alpha value is -3.82. The van der Waals surface area contributed by atoms with Gasteiger partial charge >= 0.3 is 0 Å². The number of amides is 1. The Labute approximate surface area is 172 Å². The second-order valence-electron chi connectivity index (χ2n) is 6.68. The molecule has 3 rings (SSSR count). The fourth-order valence-corrected chi connectivity index (χ4v) is 2.76. The molecule has 3 aromatic rings. The molecule has 3 N–H and O–H groups in total. The van der Waals surface area contributed by atoms with E-state index in [4.69, 9.17) is 0 Å². The van der Waals surface area contributed by atoms with Crippen molar-refractivity contribution in [2.45, 2.75) is 19.9 Å². The van der Waals surface area contributed by atoms with Crippen LogP contribution in [0.3, 0.4) is 0 Å². The van der Waals surface area contributed by atoms with Crippen molar-refractivity contribution in [2.24, 2.45) is 0 Å². The summed E-state index contributed by atoms with van der Waals surface area (Å²) < 4.78 is 0. The van der Waals surface area contributed by atoms with Crippen molar-refractivity contribution >= 4 is 34.5 Å². The molecule has 0 spiro atoms. The molecule has 1 amide bonds. The SMILES string of the molecule is CCC(=O)CNC(=O)c1ccc(N(C)Cc2cnc3nc(NC)[nH]c(=O)c3n2)cc1. The Bertz CT molecular complexity index is 1130. The van der Waals surface area contributed by atoms with E-state index in [9.17, 15) is 14.4 Å². The van der Waals surface area contributed by atoms with Gasteiger partial charge in [0.1, 0.15) is 0 Å². The standard InChI is InChI=1S/C20H23N7O3/c1-4-15(28)10-23-18(29)12-5-7-14(8-6-12)27(3)11-13-9-22-17-16(24-13)19(30)26-20(21-2)25-17/h5-9H,4,10-11H2,1-3H3,(H,23,29)(H2,21,22,25,26,30). The molecule has 1 aromatic carbocycles. The van der Waals surface area contributed by atoms with Gasteiger partial charge < -0.3 is 15.5 Å². The zero-order chi connectivity index (χ0) is 21.7. The number of ketones is 1. The maximum Gasteiger partial charge on any atom is 0.280 e. The average Bonchev–Trinajstić information content (AvgIpc) is 2.77. The average molecular weight is 409 g/mol. The van der Waals surface area contributed by atoms with E-state index in [0.29, 0.717) is 30.2 Å². The van der Waals surface area contributed by atoms with Crippen molar-refractivity contribution in [2.75, 3.05) is 30.9 Å². The Kier molecular flexibility index (Phi) is 6.35. The molecule has 30 heavy (non-hydrogen) atoms. The first-order chi connectivity index (χ1) is 14.4. The first kappa shape index (κ1) is 20.9. The first-order valence-electron chi connectivity index (χ1n) is 9.46. The third-order valence-electron chi connectivity index (χ3n) is 4.51. The zero-order valence-electron chi connectivity index (χ0n) is 17.0. The predicted octanol–water partition coefficient (Wildman–Crippen LogP) is 1.10. The number of rotatable bonds is 8. The lowest BCUT2D eigenvalue weighted by Crippen LogP contribution is -2.29. The summed E-state index contributed by atoms with van der Waals surface area (Å²) in [6.07, 6.45) is 1.97. The maximum absolute atomic E-state index is 12.2. The summed E-state index contributed by atoms with van der Waals surface area (Å²) in [4.78, 5) is 52.9. The second-order valence-corrected chi connectivity index (χ2v) is 6.68. The Morgan fingerprint density at radius 2 is 1.90 bits per heavy atom. The molecular formula is C20H23N7O3. The van der Waals surface area contributed by atoms with Crippen molar-refractivity contribution in [3.63, 3.8) is 0 Å². The molecule has 2 aromatic heterocycles. The molecule has 0 aliphatic rings. The molecule has 10 heteroatoms. The van der Waals surface area contributed by atoms with Crippen LogP contribution in [0.1, 0.15) is 29.4 Å². The quantitative estimate of drug-likeness (QED) is 0.504. The molecule has 0 atom stereocenters. The predicted molar refractivity (Wildman–Crippen MR) is 114 cm³/mol. The molecule has 0 bridgehead atoms. The largest absolute Gasteiger partial charge is 0.369 e. The van der Waals surface area contributed by atoms with Gasteiger partial charge in [-0.05, 0) is 24.3 Å². The van der Waals surface area contributed by atoms with Crippen LogP contribution in [0, 0.1) is 0 Å². The molecule has 0 aliphatic carbocycles. The number of nitrogens with one attached hydrogen (secondary N) is 3. The summed E-state index contributed by atoms with van der Waals surface area (Å²) in [6.45, 7) is 2.19. The van der Waals surface area contributed by atoms with Crippen LogP contribution in [0.15, 0.2) is 35.3 Å². The minimum atomic E-state index is -0.363. The summed E-state index contributed by atoms with van der Waals surface area (Å²) in [7, 11) is 3.52. The van der Waals surface area contributed by atoms with Gasteiger partial charge in [-0.2, -0.15) is 4.98 Å². The first-order valence-corrected chi connectivity index (χ1v) is 9.46. The fourth-order valence-electron chi connectivity index (χ4n) is 2.76. The van der Waals surface area contributed by atoms with Crippen LogP contribution in [0.25, 0.3) is 11.2 Å². The molecule has 2 heterocycles. The lowest BCUT2D eigenvalue weighted by atomic mass is 10.1. The molecule has 156 valence electrons. The van der Waals surface area contributed by atoms with Gasteiger partial charge in [0.05, 0.1) is 25.0 Å². The Morgan fingerprint density at radius 1 is 1.17 bits per heavy atom. The monoisotopic (exact) mass is 409 g/mol. The van der Waals surface area contributed by atoms with Gasteiger partial charge in [-0.1, -0.05) is 6.92 Å². The van der Waals surface area contributed by atoms with Crippen LogP contribution in [0.4, 0.5) is 11.6 Å². The highest BCUT2D eigenvalue weighted by Crippen LogP contribution is 2.16. The number of benzene rings is 1. The molecule has 0 unspecified atom stereocenters. The van der Waals surface area contributed by atoms with Crippen molar-refractivity contribution in [1.82, 2.24) is 25.3 Å². The normalized spacial score (nSPS) is 10.6. The van der Waals surface area contributed by atoms with Crippen LogP contribution in [-0.4, -0.2) is 52.3 Å². The maximum atomic E-state index is 12.2. The smallest absolute Gasteiger partial charge is 0.280 e. The number of carbonyl (C=O) groups is 2. The van der Waals surface area contributed by atoms with Gasteiger partial charge in [0, 0.05) is 31.8 Å². The van der Waals surface area contributed by atoms with Crippen molar-refractivity contribution < 1.29 is 9.59 Å². The highest BCUT2D eigenvalue weighted by atomic mass is 16.2. The van der Waals surface area contributed by atoms with E-state index in [1.54, 1.807) is 44.4 Å². The highest BCUT2D eigenvalue weighted by Gasteiger charge is 2.11. The third-order valence-corrected chi connectivity index (χ3v) is 4.51. The van der Waals surface area contributed by atoms with Crippen molar-refractivity contribution in [1.29, 1.82) is 0 Å². The van der Waals surface area contributed by atoms with Gasteiger partial charge in [0.25, 0.3) is 11.5 Å². The van der Waals surface area contributed by atoms with Crippen LogP contribution < -0.4 is 21.1 Å². The zero-order valence-corrected chi connectivity index (χ0v) is 17.0. The number of anilines is 2. The van der Waals surface area contributed by atoms with E-state index in [2.05, 4.69) is 30.6 Å². The highest BCUT2D eigenvalue weighted by molar-refractivity contribution is 5.97. The molecule has 0 aliphatic heterocycles. The Morgan fingerprint density at radius 3 is 2.57 bits per heavy atom. The summed E-state index contributed by atoms with van der Waals surface area (Å²) >= 11 is 0. The third kappa shape index (κ3) is 4.77. The van der Waals surface area contributed by atoms with Gasteiger partial charge in [0.2, 0.25) is 5.95 Å². The van der Waals surface area contributed by atoms with Crippen LogP contribution in [0.5, 0.6) is 0 Å². The molecule has 0 saturated carbocycles. The molecule has 0 radical (unpaired) electrons. The van der Waals surface area contributed by atoms with Crippen LogP contribution >= 0.6 is 0 Å². The van der Waals surface area contributed by atoms with E-state index >= 15 is 0 Å². The minimum Gasteiger partial charge on any atom is -0.369 e. The van der Waals surface area contributed by atoms with Crippen LogP contribution in [0.2, 0.25) is 0 Å². The van der Waals surface area contributed by atoms with Gasteiger partial charge in [-0.25, -0.2) is 9.97 Å². The number of nitrogens with zero attached hydrogens (tertiary/aromatic N) is 4. The fraction of sp³-hybridized carbons (Fsp3) is 0.300. The molecule has 10 nitrogen and oxygen atoms in total. The lowest BCUT2D eigenvalue weighted by Gasteiger charge is -2.19. The summed E-state index contributed by atoms with van der Waals surface area (Å²) in [6, 6.07) is 6.99. The number of aromatic amines is 1. The number of Topliss-reactive ketones (excluding diaryl/α,β-unsaturated/α-hetero) is 1. The summed E-state index contributed by atoms with van der Waals surface area (Å²) in [5.74, 6) is 0.0151. The molecule has 0 saturated heterocycles. The van der Waals surface area contributed by atoms with E-state index < -0.39 is 0 Å². The van der Waals surface area contributed by atoms with Crippen molar-refractivity contribution in [3.05, 3.63) is 52.1 Å². The van der Waals surface area contributed by atoms with Gasteiger partial charge in [0.15, 0.2) is 16.9 Å². The topological polar surface area (TPSA) is 133 Å². The van der Waals surface area contributed by atoms with Gasteiger partial charge in [-0.15, -0.1) is 0 Å². The van der Waals surface area contributed by atoms with Crippen molar-refractivity contribution in [3.8, 4) is 0 Å². The summed E-state index contributed by atoms with van der Waals surface area (Å²) in [5, 5.41) is 5.37. The van der Waals surface area contributed by atoms with E-state index in [1.165, 1.54) is 0 Å². The second kappa shape index (κ2) is 9.12. The lowest BCUT2D eigenvalue weighted by molar-refractivity contribution is -0.117. The van der Waals surface area contributed by atoms with E-state index in [1.807, 2.05) is 11.9 Å². The van der Waals surface area contributed by atoms with Crippen LogP contribution in [-0.2, 0) is 11.3 Å². The Balaban J connectivity index is 1.70. The molecule has 0 fully saturated rings. The number of carbonyl (C=O) groups excluding carboxylic acids is 2. The number of aromatic nitrogens is 4. The summed E-state index contributed by atoms with van der Waals surface area (Å²) in [5.41, 5.74) is 2.02. The van der Waals surface area contributed by atoms with E-state index in [0.717, 1.165) is 5.69 Å². The number of hydrogen-bond acceptors (Lipinski definition) is 8. The number of fused-ring (bicyclic) bond motifs is 1. The van der Waals surface area contributed by atoms with Gasteiger partial charge in [-0.3, -0.25) is 19.4 Å². The number of H-pyrrole nitrogens is 1.